The smallest absolute Gasteiger partial charge is 0.423 e. The number of aldehydes is 1. The summed E-state index contributed by atoms with van der Waals surface area (Å²) < 4.78 is 59.4. The first-order valence-electron chi connectivity index (χ1n) is 38.3. The van der Waals surface area contributed by atoms with Crippen molar-refractivity contribution in [1.29, 1.82) is 0 Å². The molecule has 0 aliphatic heterocycles. The van der Waals surface area contributed by atoms with E-state index in [4.69, 9.17) is 83.4 Å². The second-order valence-electron chi connectivity index (χ2n) is 29.0. The van der Waals surface area contributed by atoms with E-state index in [0.717, 1.165) is 102 Å². The molecule has 2 aromatic heterocycles. The third-order valence-corrected chi connectivity index (χ3v) is 17.9. The molecule has 2 amide bonds. The summed E-state index contributed by atoms with van der Waals surface area (Å²) in [5.74, 6) is 0.0823. The van der Waals surface area contributed by atoms with E-state index in [1.807, 2.05) is 71.7 Å². The molecule has 0 unspecified atom stereocenters. The largest absolute Gasteiger partial charge is 0.488 e. The Balaban J connectivity index is 0.000000308. The average Bonchev–Trinajstić information content (AvgIpc) is 1.63. The van der Waals surface area contributed by atoms with Crippen LogP contribution in [0.3, 0.4) is 0 Å². The molecule has 0 radical (unpaired) electrons. The quantitative estimate of drug-likeness (QED) is 0.0138. The van der Waals surface area contributed by atoms with E-state index < -0.39 is 14.2 Å². The number of aromatic nitrogens is 4. The predicted molar refractivity (Wildman–Crippen MR) is 428 cm³/mol. The van der Waals surface area contributed by atoms with Crippen molar-refractivity contribution < 1.29 is 91.4 Å². The highest BCUT2D eigenvalue weighted by molar-refractivity contribution is 6.59. The number of amides is 2. The van der Waals surface area contributed by atoms with Gasteiger partial charge >= 0.3 is 14.2 Å². The van der Waals surface area contributed by atoms with Gasteiger partial charge in [0.2, 0.25) is 0 Å². The molecule has 0 bridgehead atoms. The standard InChI is InChI=1S/C40H60BN5O9.C33H53N5O7.C7H7BO3/c1-30-38-36(27-40(2,3)28-37(38)47)46(44-30)33-12-13-34(39(48)45(4)5)35(26-33)43-15-7-17-52-19-21-54-23-25-55-24-22-53-20-18-51-16-6-14-42-29-31-8-10-32(11-9-31)41(49)50;1-25-31-29(23-33(2,3)24-30(31)39)38(36-25)26-8-9-27(32(40)37(4)5)28(22-26)35-11-7-13-42-15-17-44-19-21-45-20-18-43-16-14-41-12-6-10-34;9-5-6-1-3-7(4-2-6)8(10)11/h8-13,26,42-43,49-50H,6-7,14-25,27-29H2,1-5H3;8-9,22,35H,6-7,10-21,23-24,34H2,1-5H3;1-5,10-11H. The molecule has 0 fully saturated rings. The Kier molecular flexibility index (Phi) is 41.3. The van der Waals surface area contributed by atoms with Crippen LogP contribution in [0, 0.1) is 24.7 Å². The van der Waals surface area contributed by atoms with Crippen LogP contribution in [0.15, 0.2) is 84.9 Å². The fourth-order valence-electron chi connectivity index (χ4n) is 12.2. The maximum atomic E-state index is 13.0. The van der Waals surface area contributed by atoms with Crippen molar-refractivity contribution in [1.82, 2.24) is 34.7 Å². The van der Waals surface area contributed by atoms with Crippen LogP contribution in [0.2, 0.25) is 0 Å². The number of rotatable bonds is 50. The Labute approximate surface area is 655 Å². The minimum atomic E-state index is -1.46. The third kappa shape index (κ3) is 32.4. The molecule has 2 aliphatic rings. The lowest BCUT2D eigenvalue weighted by Crippen LogP contribution is -2.29. The fourth-order valence-corrected chi connectivity index (χ4v) is 12.2. The van der Waals surface area contributed by atoms with Gasteiger partial charge in [-0.05, 0) is 129 Å². The number of fused-ring (bicyclic) bond motifs is 2. The number of nitrogens with zero attached hydrogens (tertiary/aromatic N) is 6. The highest BCUT2D eigenvalue weighted by atomic mass is 16.6. The zero-order valence-corrected chi connectivity index (χ0v) is 66.8. The van der Waals surface area contributed by atoms with Gasteiger partial charge in [0.15, 0.2) is 11.6 Å². The first-order chi connectivity index (χ1) is 53.3. The van der Waals surface area contributed by atoms with Crippen molar-refractivity contribution in [2.24, 2.45) is 16.6 Å². The number of nitrogens with one attached hydrogen (secondary N) is 3. The number of ether oxygens (including phenoxy) is 10. The second kappa shape index (κ2) is 49.8. The van der Waals surface area contributed by atoms with Gasteiger partial charge in [0.25, 0.3) is 11.8 Å². The zero-order valence-electron chi connectivity index (χ0n) is 66.8. The monoisotopic (exact) mass is 1550 g/mol. The van der Waals surface area contributed by atoms with E-state index in [1.54, 1.807) is 50.1 Å². The highest BCUT2D eigenvalue weighted by Crippen LogP contribution is 2.39. The van der Waals surface area contributed by atoms with Crippen LogP contribution in [-0.4, -0.2) is 280 Å². The van der Waals surface area contributed by atoms with E-state index in [9.17, 15) is 24.0 Å². The number of hydrogen-bond donors (Lipinski definition) is 8. The molecule has 610 valence electrons. The molecule has 6 aromatic rings. The van der Waals surface area contributed by atoms with Crippen LogP contribution in [0.1, 0.15) is 146 Å². The van der Waals surface area contributed by atoms with Gasteiger partial charge in [0, 0.05) is 104 Å². The number of hydrogen-bond acceptors (Lipinski definition) is 25. The Morgan fingerprint density at radius 3 is 1.13 bits per heavy atom. The summed E-state index contributed by atoms with van der Waals surface area (Å²) >= 11 is 0. The van der Waals surface area contributed by atoms with Crippen molar-refractivity contribution in [2.45, 2.75) is 99.5 Å². The van der Waals surface area contributed by atoms with Crippen LogP contribution in [0.4, 0.5) is 11.4 Å². The third-order valence-electron chi connectivity index (χ3n) is 17.9. The maximum Gasteiger partial charge on any atom is 0.488 e. The van der Waals surface area contributed by atoms with E-state index >= 15 is 0 Å². The van der Waals surface area contributed by atoms with Crippen molar-refractivity contribution in [3.05, 3.63) is 141 Å². The lowest BCUT2D eigenvalue weighted by atomic mass is 9.75. The Morgan fingerprint density at radius 1 is 0.477 bits per heavy atom. The summed E-state index contributed by atoms with van der Waals surface area (Å²) in [6, 6.07) is 24.5. The first kappa shape index (κ1) is 92.2. The van der Waals surface area contributed by atoms with E-state index in [2.05, 4.69) is 43.6 Å². The van der Waals surface area contributed by atoms with Crippen molar-refractivity contribution in [3.8, 4) is 11.4 Å². The van der Waals surface area contributed by atoms with Crippen LogP contribution in [0.25, 0.3) is 11.4 Å². The van der Waals surface area contributed by atoms with Gasteiger partial charge in [-0.2, -0.15) is 10.2 Å². The summed E-state index contributed by atoms with van der Waals surface area (Å²) in [6.45, 7) is 26.1. The van der Waals surface area contributed by atoms with Crippen molar-refractivity contribution in [2.75, 3.05) is 197 Å². The summed E-state index contributed by atoms with van der Waals surface area (Å²) in [7, 11) is 4.04. The normalized spacial score (nSPS) is 13.3. The first-order valence-corrected chi connectivity index (χ1v) is 38.3. The van der Waals surface area contributed by atoms with Gasteiger partial charge in [0.05, 0.1) is 162 Å². The molecule has 0 atom stereocenters. The van der Waals surface area contributed by atoms with Gasteiger partial charge in [-0.25, -0.2) is 9.36 Å². The zero-order chi connectivity index (χ0) is 80.6. The fraction of sp³-hybridized carbons (Fsp3) is 0.562. The minimum absolute atomic E-state index is 0.0902. The number of anilines is 2. The topological polar surface area (TPSA) is 363 Å². The van der Waals surface area contributed by atoms with Crippen molar-refractivity contribution >= 4 is 66.2 Å². The molecule has 2 aliphatic carbocycles. The van der Waals surface area contributed by atoms with E-state index in [0.29, 0.717) is 211 Å². The Morgan fingerprint density at radius 2 is 0.802 bits per heavy atom. The molecule has 29 nitrogen and oxygen atoms in total. The number of benzene rings is 4. The SMILES string of the molecule is Cc1nn(-c2ccc(C(=O)N(C)C)c(NCCCOCCOCCOCCOCCOCCCN)c2)c2c1C(=O)CC(C)(C)C2.Cc1nn(-c2ccc(C(=O)N(C)C)c(NCCCOCCOCCOCCOCCOCCCNCc3ccc(B(O)O)cc3)c2)c2c1C(=O)CC(C)(C)C2.O=Cc1ccc(B(O)O)cc1. The van der Waals surface area contributed by atoms with E-state index in [-0.39, 0.29) is 34.2 Å². The van der Waals surface area contributed by atoms with Gasteiger partial charge in [-0.1, -0.05) is 76.2 Å². The molecule has 9 N–H and O–H groups in total. The molecule has 111 heavy (non-hydrogen) atoms. The summed E-state index contributed by atoms with van der Waals surface area (Å²) in [5.41, 5.74) is 16.6. The lowest BCUT2D eigenvalue weighted by Gasteiger charge is -2.29. The molecule has 8 rings (SSSR count). The predicted octanol–water partition coefficient (Wildman–Crippen LogP) is 5.23. The van der Waals surface area contributed by atoms with E-state index in [1.165, 1.54) is 24.3 Å². The molecule has 2 heterocycles. The second-order valence-corrected chi connectivity index (χ2v) is 29.0. The molecule has 0 saturated carbocycles. The Hall–Kier alpha value is -7.66. The number of carbonyl (C=O) groups is 5. The molecular formula is C80H120B2N10O19. The van der Waals surface area contributed by atoms with Crippen LogP contribution < -0.4 is 32.6 Å². The highest BCUT2D eigenvalue weighted by Gasteiger charge is 2.38. The number of Topliss-reactive ketones (excluding diaryl/α,β-unsaturated/α-hetero) is 2. The van der Waals surface area contributed by atoms with Crippen molar-refractivity contribution in [3.63, 3.8) is 0 Å². The lowest BCUT2D eigenvalue weighted by molar-refractivity contribution is -0.0111. The molecule has 31 heteroatoms. The number of ketones is 2. The van der Waals surface area contributed by atoms with Gasteiger partial charge in [0.1, 0.15) is 6.29 Å². The summed E-state index contributed by atoms with van der Waals surface area (Å²) in [5, 5.41) is 55.3. The molecule has 4 aromatic carbocycles. The summed E-state index contributed by atoms with van der Waals surface area (Å²) in [4.78, 5) is 65.1. The molecule has 0 saturated heterocycles. The van der Waals surface area contributed by atoms with Crippen LogP contribution >= 0.6 is 0 Å². The summed E-state index contributed by atoms with van der Waals surface area (Å²) in [6.07, 6.45) is 6.46. The number of nitrogens with two attached hydrogens (primary N) is 1. The molecular weight excluding hydrogens is 1430 g/mol. The Bertz CT molecular complexity index is 3760. The number of carbonyl (C=O) groups excluding carboxylic acids is 5. The van der Waals surface area contributed by atoms with Gasteiger partial charge in [-0.3, -0.25) is 24.0 Å². The average molecular weight is 1550 g/mol. The van der Waals surface area contributed by atoms with Crippen LogP contribution in [-0.2, 0) is 66.8 Å². The molecule has 0 spiro atoms. The minimum Gasteiger partial charge on any atom is -0.423 e. The van der Waals surface area contributed by atoms with Crippen LogP contribution in [0.5, 0.6) is 0 Å². The maximum absolute atomic E-state index is 13.0. The van der Waals surface area contributed by atoms with Gasteiger partial charge in [-0.15, -0.1) is 0 Å². The van der Waals surface area contributed by atoms with Gasteiger partial charge < -0.3 is 98.9 Å². The number of aryl methyl sites for hydroxylation is 2.